The third kappa shape index (κ3) is 9.66. The molecule has 0 spiro atoms. The van der Waals surface area contributed by atoms with Crippen LogP contribution in [0.3, 0.4) is 0 Å². The molecular formula is C74H44F6N8. The zero-order chi connectivity index (χ0) is 59.7. The van der Waals surface area contributed by atoms with Crippen LogP contribution in [0.5, 0.6) is 0 Å². The van der Waals surface area contributed by atoms with Gasteiger partial charge in [-0.2, -0.15) is 26.3 Å². The average molecular weight is 1160 g/mol. The Hall–Kier alpha value is -11.4. The van der Waals surface area contributed by atoms with Gasteiger partial charge in [0.2, 0.25) is 0 Å². The van der Waals surface area contributed by atoms with E-state index in [9.17, 15) is 26.3 Å². The molecule has 0 aliphatic rings. The third-order valence-corrected chi connectivity index (χ3v) is 15.9. The van der Waals surface area contributed by atoms with Crippen molar-refractivity contribution < 1.29 is 26.3 Å². The summed E-state index contributed by atoms with van der Waals surface area (Å²) in [5, 5.41) is 2.15. The summed E-state index contributed by atoms with van der Waals surface area (Å²) in [6.45, 7) is 0. The van der Waals surface area contributed by atoms with Gasteiger partial charge in [-0.3, -0.25) is 0 Å². The Balaban J connectivity index is 0.948. The molecule has 88 heavy (non-hydrogen) atoms. The number of aromatic nitrogens is 8. The Kier molecular flexibility index (Phi) is 12.9. The molecule has 15 rings (SSSR count). The van der Waals surface area contributed by atoms with Crippen molar-refractivity contribution >= 4 is 43.6 Å². The molecule has 0 aliphatic carbocycles. The van der Waals surface area contributed by atoms with Gasteiger partial charge in [-0.25, -0.2) is 29.9 Å². The summed E-state index contributed by atoms with van der Waals surface area (Å²) in [6.07, 6.45) is -9.14. The van der Waals surface area contributed by atoms with Crippen molar-refractivity contribution in [1.82, 2.24) is 39.0 Å². The van der Waals surface area contributed by atoms with Gasteiger partial charge in [0.1, 0.15) is 0 Å². The van der Waals surface area contributed by atoms with E-state index >= 15 is 0 Å². The van der Waals surface area contributed by atoms with Gasteiger partial charge >= 0.3 is 12.4 Å². The second kappa shape index (κ2) is 21.3. The number of para-hydroxylation sites is 2. The van der Waals surface area contributed by atoms with Gasteiger partial charge in [-0.15, -0.1) is 0 Å². The molecule has 0 atom stereocenters. The van der Waals surface area contributed by atoms with Gasteiger partial charge in [-0.1, -0.05) is 188 Å². The first-order valence-corrected chi connectivity index (χ1v) is 28.2. The molecule has 14 heteroatoms. The molecule has 11 aromatic carbocycles. The normalized spacial score (nSPS) is 12.0. The predicted octanol–water partition coefficient (Wildman–Crippen LogP) is 19.6. The van der Waals surface area contributed by atoms with E-state index in [0.29, 0.717) is 101 Å². The van der Waals surface area contributed by atoms with Gasteiger partial charge < -0.3 is 9.13 Å². The van der Waals surface area contributed by atoms with E-state index in [-0.39, 0.29) is 0 Å². The van der Waals surface area contributed by atoms with Gasteiger partial charge in [0.15, 0.2) is 34.9 Å². The minimum absolute atomic E-state index is 0.334. The Morgan fingerprint density at radius 3 is 0.875 bits per heavy atom. The Labute approximate surface area is 499 Å². The van der Waals surface area contributed by atoms with E-state index < -0.39 is 23.5 Å². The molecule has 0 saturated heterocycles. The average Bonchev–Trinajstić information content (AvgIpc) is 1.94. The smallest absolute Gasteiger partial charge is 0.309 e. The maximum absolute atomic E-state index is 14.4. The van der Waals surface area contributed by atoms with Gasteiger partial charge in [0.05, 0.1) is 44.6 Å². The molecule has 422 valence electrons. The number of benzene rings is 11. The molecule has 0 aliphatic heterocycles. The van der Waals surface area contributed by atoms with Crippen LogP contribution in [0, 0.1) is 0 Å². The number of fused-ring (bicyclic) bond motifs is 6. The molecule has 0 radical (unpaired) electrons. The molecule has 4 heterocycles. The monoisotopic (exact) mass is 1160 g/mol. The second-order valence-electron chi connectivity index (χ2n) is 21.3. The molecule has 0 N–H and O–H groups in total. The Bertz CT molecular complexity index is 4740. The zero-order valence-electron chi connectivity index (χ0n) is 46.2. The van der Waals surface area contributed by atoms with Crippen LogP contribution in [0.2, 0.25) is 0 Å². The van der Waals surface area contributed by atoms with E-state index in [4.69, 9.17) is 29.9 Å². The van der Waals surface area contributed by atoms with Gasteiger partial charge in [0, 0.05) is 54.9 Å². The van der Waals surface area contributed by atoms with Crippen LogP contribution >= 0.6 is 0 Å². The van der Waals surface area contributed by atoms with Gasteiger partial charge in [-0.05, 0) is 101 Å². The van der Waals surface area contributed by atoms with Crippen molar-refractivity contribution in [3.05, 3.63) is 278 Å². The largest absolute Gasteiger partial charge is 0.416 e. The van der Waals surface area contributed by atoms with Crippen LogP contribution < -0.4 is 0 Å². The standard InChI is InChI=1S/C74H44F6N8/c75-73(76,77)53-34-38-63-57(43-53)55-28-13-15-30-61(55)87(63)65-36-32-51(41-59(65)71-83-67(45-18-5-1-6-19-45)81-68(84-71)46-20-7-2-8-21-46)49-26-17-27-50(40-49)52-33-37-66(88-62-31-16-14-29-56(62)58-44-54(74(78,79)80)35-39-64(58)88)60(42-52)72-85-69(47-22-9-3-10-23-47)82-70(86-72)48-24-11-4-12-25-48/h1-44H. The summed E-state index contributed by atoms with van der Waals surface area (Å²) in [6, 6.07) is 80.9. The van der Waals surface area contributed by atoms with Crippen LogP contribution in [0.15, 0.2) is 267 Å². The quantitative estimate of drug-likeness (QED) is 0.127. The van der Waals surface area contributed by atoms with E-state index in [2.05, 4.69) is 6.07 Å². The van der Waals surface area contributed by atoms with Crippen molar-refractivity contribution in [2.45, 2.75) is 12.4 Å². The molecule has 0 fully saturated rings. The first kappa shape index (κ1) is 53.4. The highest BCUT2D eigenvalue weighted by Gasteiger charge is 2.33. The lowest BCUT2D eigenvalue weighted by Crippen LogP contribution is -2.05. The van der Waals surface area contributed by atoms with Crippen LogP contribution in [0.4, 0.5) is 26.3 Å². The summed E-state index contributed by atoms with van der Waals surface area (Å²) in [5.41, 5.74) is 9.61. The fourth-order valence-corrected chi connectivity index (χ4v) is 11.7. The van der Waals surface area contributed by atoms with Crippen LogP contribution in [0.1, 0.15) is 11.1 Å². The third-order valence-electron chi connectivity index (χ3n) is 15.9. The lowest BCUT2D eigenvalue weighted by molar-refractivity contribution is -0.138. The summed E-state index contributed by atoms with van der Waals surface area (Å²) >= 11 is 0. The summed E-state index contributed by atoms with van der Waals surface area (Å²) in [4.78, 5) is 30.8. The Morgan fingerprint density at radius 2 is 0.523 bits per heavy atom. The molecular weight excluding hydrogens is 1110 g/mol. The lowest BCUT2D eigenvalue weighted by Gasteiger charge is -2.17. The fraction of sp³-hybridized carbons (Fsp3) is 0.0270. The first-order valence-electron chi connectivity index (χ1n) is 28.2. The van der Waals surface area contributed by atoms with Crippen LogP contribution in [0.25, 0.3) is 146 Å². The van der Waals surface area contributed by atoms with Gasteiger partial charge in [0.25, 0.3) is 0 Å². The fourth-order valence-electron chi connectivity index (χ4n) is 11.7. The first-order chi connectivity index (χ1) is 42.9. The predicted molar refractivity (Wildman–Crippen MR) is 335 cm³/mol. The summed E-state index contributed by atoms with van der Waals surface area (Å²) in [7, 11) is 0. The van der Waals surface area contributed by atoms with Crippen molar-refractivity contribution in [3.8, 4) is 102 Å². The molecule has 0 saturated carbocycles. The van der Waals surface area contributed by atoms with Crippen molar-refractivity contribution in [1.29, 1.82) is 0 Å². The summed E-state index contributed by atoms with van der Waals surface area (Å²) < 4.78 is 90.5. The molecule has 0 bridgehead atoms. The highest BCUT2D eigenvalue weighted by molar-refractivity contribution is 6.11. The van der Waals surface area contributed by atoms with Crippen LogP contribution in [-0.4, -0.2) is 39.0 Å². The van der Waals surface area contributed by atoms with Crippen LogP contribution in [-0.2, 0) is 12.4 Å². The number of hydrogen-bond donors (Lipinski definition) is 0. The molecule has 0 amide bonds. The van der Waals surface area contributed by atoms with Crippen molar-refractivity contribution in [3.63, 3.8) is 0 Å². The highest BCUT2D eigenvalue weighted by atomic mass is 19.4. The molecule has 4 aromatic heterocycles. The molecule has 15 aromatic rings. The van der Waals surface area contributed by atoms with E-state index in [0.717, 1.165) is 56.6 Å². The highest BCUT2D eigenvalue weighted by Crippen LogP contribution is 2.44. The van der Waals surface area contributed by atoms with Crippen molar-refractivity contribution in [2.75, 3.05) is 0 Å². The Morgan fingerprint density at radius 1 is 0.227 bits per heavy atom. The van der Waals surface area contributed by atoms with E-state index in [1.54, 1.807) is 0 Å². The van der Waals surface area contributed by atoms with Crippen molar-refractivity contribution in [2.24, 2.45) is 0 Å². The SMILES string of the molecule is FC(F)(F)c1ccc2c(c1)c1ccccc1n2-c1ccc(-c2cccc(-c3ccc(-n4c5ccccc5c5cc(C(F)(F)F)ccc54)c(-c4nc(-c5ccccc5)nc(-c5ccccc5)n4)c3)c2)cc1-c1nc(-c2ccccc2)nc(-c2ccccc2)n1. The summed E-state index contributed by atoms with van der Waals surface area (Å²) in [5.74, 6) is 2.38. The lowest BCUT2D eigenvalue weighted by atomic mass is 9.95. The zero-order valence-corrected chi connectivity index (χ0v) is 46.2. The number of halogens is 6. The minimum Gasteiger partial charge on any atom is -0.309 e. The topological polar surface area (TPSA) is 87.2 Å². The molecule has 8 nitrogen and oxygen atoms in total. The van der Waals surface area contributed by atoms with E-state index in [1.165, 1.54) is 24.3 Å². The maximum atomic E-state index is 14.4. The number of hydrogen-bond acceptors (Lipinski definition) is 6. The minimum atomic E-state index is -4.57. The number of rotatable bonds is 10. The maximum Gasteiger partial charge on any atom is 0.416 e. The molecule has 0 unspecified atom stereocenters. The number of nitrogens with zero attached hydrogens (tertiary/aromatic N) is 8. The second-order valence-corrected chi connectivity index (χ2v) is 21.3. The number of alkyl halides is 6. The van der Waals surface area contributed by atoms with E-state index in [1.807, 2.05) is 234 Å².